The molecule has 0 aliphatic rings. The first-order valence-corrected chi connectivity index (χ1v) is 6.69. The molecule has 1 heterocycles. The molecule has 0 aliphatic heterocycles. The molecule has 2 N–H and O–H groups in total. The fraction of sp³-hybridized carbons (Fsp3) is 0.231. The number of nitrogens with zero attached hydrogens (tertiary/aromatic N) is 1. The number of hydrogen-bond acceptors (Lipinski definition) is 3. The summed E-state index contributed by atoms with van der Waals surface area (Å²) in [7, 11) is 0. The number of ether oxygens (including phenoxy) is 1. The van der Waals surface area contributed by atoms with Gasteiger partial charge in [-0.1, -0.05) is 23.2 Å². The second kappa shape index (κ2) is 6.63. The number of nitrogens with one attached hydrogen (secondary N) is 2. The fourth-order valence-corrected chi connectivity index (χ4v) is 2.07. The van der Waals surface area contributed by atoms with Gasteiger partial charge in [0.15, 0.2) is 6.10 Å². The van der Waals surface area contributed by atoms with Crippen LogP contribution in [0.15, 0.2) is 30.5 Å². The van der Waals surface area contributed by atoms with E-state index in [1.54, 1.807) is 37.4 Å². The monoisotopic (exact) mass is 313 g/mol. The van der Waals surface area contributed by atoms with Crippen molar-refractivity contribution in [2.75, 3.05) is 0 Å². The van der Waals surface area contributed by atoms with Gasteiger partial charge in [0.05, 0.1) is 12.2 Å². The SMILES string of the molecule is C[C@H](Oc1cc(Cl)cc(Cl)c1)C(=O)NCc1ccn[nH]1. The van der Waals surface area contributed by atoms with Gasteiger partial charge in [-0.15, -0.1) is 0 Å². The highest BCUT2D eigenvalue weighted by Gasteiger charge is 2.15. The molecule has 0 spiro atoms. The van der Waals surface area contributed by atoms with Crippen molar-refractivity contribution in [2.24, 2.45) is 0 Å². The molecule has 0 unspecified atom stereocenters. The normalized spacial score (nSPS) is 11.9. The van der Waals surface area contributed by atoms with Crippen molar-refractivity contribution in [1.82, 2.24) is 15.5 Å². The molecule has 2 aromatic rings. The fourth-order valence-electron chi connectivity index (χ4n) is 1.56. The Morgan fingerprint density at radius 3 is 2.70 bits per heavy atom. The van der Waals surface area contributed by atoms with Gasteiger partial charge >= 0.3 is 0 Å². The van der Waals surface area contributed by atoms with Crippen LogP contribution in [0.5, 0.6) is 5.75 Å². The van der Waals surface area contributed by atoms with E-state index in [1.165, 1.54) is 0 Å². The van der Waals surface area contributed by atoms with E-state index in [0.29, 0.717) is 22.3 Å². The summed E-state index contributed by atoms with van der Waals surface area (Å²) in [4.78, 5) is 11.9. The number of halogens is 2. The molecule has 5 nitrogen and oxygen atoms in total. The first kappa shape index (κ1) is 14.7. The number of benzene rings is 1. The van der Waals surface area contributed by atoms with Gasteiger partial charge in [-0.3, -0.25) is 9.89 Å². The number of hydrogen-bond donors (Lipinski definition) is 2. The number of carbonyl (C=O) groups is 1. The largest absolute Gasteiger partial charge is 0.481 e. The Morgan fingerprint density at radius 2 is 2.10 bits per heavy atom. The Morgan fingerprint density at radius 1 is 1.40 bits per heavy atom. The van der Waals surface area contributed by atoms with Crippen molar-refractivity contribution < 1.29 is 9.53 Å². The topological polar surface area (TPSA) is 67.0 Å². The Labute approximate surface area is 126 Å². The van der Waals surface area contributed by atoms with Crippen LogP contribution in [0.3, 0.4) is 0 Å². The van der Waals surface area contributed by atoms with Crippen LogP contribution in [0.1, 0.15) is 12.6 Å². The summed E-state index contributed by atoms with van der Waals surface area (Å²) in [6.07, 6.45) is 0.961. The Hall–Kier alpha value is -1.72. The molecule has 0 fully saturated rings. The first-order valence-electron chi connectivity index (χ1n) is 5.93. The number of aromatic amines is 1. The van der Waals surface area contributed by atoms with Gasteiger partial charge in [0.25, 0.3) is 5.91 Å². The zero-order valence-corrected chi connectivity index (χ0v) is 12.2. The molecule has 0 saturated carbocycles. The van der Waals surface area contributed by atoms with Crippen molar-refractivity contribution in [3.63, 3.8) is 0 Å². The van der Waals surface area contributed by atoms with Crippen molar-refractivity contribution in [2.45, 2.75) is 19.6 Å². The molecule has 20 heavy (non-hydrogen) atoms. The standard InChI is InChI=1S/C13H13Cl2N3O2/c1-8(13(19)16-7-11-2-3-17-18-11)20-12-5-9(14)4-10(15)6-12/h2-6,8H,7H2,1H3,(H,16,19)(H,17,18)/t8-/m0/s1. The highest BCUT2D eigenvalue weighted by Crippen LogP contribution is 2.24. The molecule has 1 atom stereocenters. The lowest BCUT2D eigenvalue weighted by Crippen LogP contribution is -2.36. The second-order valence-electron chi connectivity index (χ2n) is 4.16. The molecular formula is C13H13Cl2N3O2. The minimum atomic E-state index is -0.660. The Bertz CT molecular complexity index is 567. The van der Waals surface area contributed by atoms with E-state index in [1.807, 2.05) is 0 Å². The van der Waals surface area contributed by atoms with Crippen LogP contribution in [-0.4, -0.2) is 22.2 Å². The van der Waals surface area contributed by atoms with Crippen LogP contribution >= 0.6 is 23.2 Å². The van der Waals surface area contributed by atoms with Gasteiger partial charge in [-0.2, -0.15) is 5.10 Å². The van der Waals surface area contributed by atoms with Crippen molar-refractivity contribution in [3.8, 4) is 5.75 Å². The summed E-state index contributed by atoms with van der Waals surface area (Å²) in [5.74, 6) is 0.211. The van der Waals surface area contributed by atoms with Gasteiger partial charge in [-0.05, 0) is 31.2 Å². The van der Waals surface area contributed by atoms with Gasteiger partial charge in [0.2, 0.25) is 0 Å². The molecule has 106 valence electrons. The maximum atomic E-state index is 11.9. The van der Waals surface area contributed by atoms with Gasteiger partial charge in [-0.25, -0.2) is 0 Å². The van der Waals surface area contributed by atoms with Crippen molar-refractivity contribution in [3.05, 3.63) is 46.2 Å². The van der Waals surface area contributed by atoms with Crippen molar-refractivity contribution >= 4 is 29.1 Å². The first-order chi connectivity index (χ1) is 9.54. The quantitative estimate of drug-likeness (QED) is 0.892. The van der Waals surface area contributed by atoms with Gasteiger partial charge in [0, 0.05) is 16.2 Å². The third-order valence-electron chi connectivity index (χ3n) is 2.53. The van der Waals surface area contributed by atoms with E-state index < -0.39 is 6.10 Å². The maximum absolute atomic E-state index is 11.9. The second-order valence-corrected chi connectivity index (χ2v) is 5.04. The predicted molar refractivity (Wildman–Crippen MR) is 77.0 cm³/mol. The summed E-state index contributed by atoms with van der Waals surface area (Å²) >= 11 is 11.7. The summed E-state index contributed by atoms with van der Waals surface area (Å²) in [6, 6.07) is 6.58. The van der Waals surface area contributed by atoms with E-state index in [-0.39, 0.29) is 5.91 Å². The van der Waals surface area contributed by atoms with Crippen LogP contribution in [-0.2, 0) is 11.3 Å². The van der Waals surface area contributed by atoms with E-state index in [0.717, 1.165) is 5.69 Å². The number of aromatic nitrogens is 2. The van der Waals surface area contributed by atoms with Crippen LogP contribution in [0.25, 0.3) is 0 Å². The highest BCUT2D eigenvalue weighted by molar-refractivity contribution is 6.34. The number of carbonyl (C=O) groups excluding carboxylic acids is 1. The minimum Gasteiger partial charge on any atom is -0.481 e. The highest BCUT2D eigenvalue weighted by atomic mass is 35.5. The molecule has 7 heteroatoms. The third kappa shape index (κ3) is 4.15. The molecule has 0 bridgehead atoms. The summed E-state index contributed by atoms with van der Waals surface area (Å²) in [5, 5.41) is 10.2. The van der Waals surface area contributed by atoms with E-state index in [9.17, 15) is 4.79 Å². The average Bonchev–Trinajstić information content (AvgIpc) is 2.87. The third-order valence-corrected chi connectivity index (χ3v) is 2.97. The summed E-state index contributed by atoms with van der Waals surface area (Å²) < 4.78 is 5.50. The summed E-state index contributed by atoms with van der Waals surface area (Å²) in [5.41, 5.74) is 0.816. The minimum absolute atomic E-state index is 0.240. The van der Waals surface area contributed by atoms with Crippen LogP contribution < -0.4 is 10.1 Å². The summed E-state index contributed by atoms with van der Waals surface area (Å²) in [6.45, 7) is 2.01. The van der Waals surface area contributed by atoms with Gasteiger partial charge in [0.1, 0.15) is 5.75 Å². The van der Waals surface area contributed by atoms with Gasteiger partial charge < -0.3 is 10.1 Å². The molecule has 0 saturated heterocycles. The van der Waals surface area contributed by atoms with E-state index in [2.05, 4.69) is 15.5 Å². The lowest BCUT2D eigenvalue weighted by atomic mass is 10.3. The number of amides is 1. The van der Waals surface area contributed by atoms with Crippen LogP contribution in [0.4, 0.5) is 0 Å². The van der Waals surface area contributed by atoms with Crippen molar-refractivity contribution in [1.29, 1.82) is 0 Å². The molecular weight excluding hydrogens is 301 g/mol. The lowest BCUT2D eigenvalue weighted by Gasteiger charge is -2.14. The number of rotatable bonds is 5. The zero-order chi connectivity index (χ0) is 14.5. The Balaban J connectivity index is 1.90. The molecule has 0 radical (unpaired) electrons. The Kier molecular flexibility index (Phi) is 4.87. The molecule has 0 aliphatic carbocycles. The molecule has 1 aromatic carbocycles. The zero-order valence-electron chi connectivity index (χ0n) is 10.7. The lowest BCUT2D eigenvalue weighted by molar-refractivity contribution is -0.127. The maximum Gasteiger partial charge on any atom is 0.261 e. The molecule has 1 amide bonds. The predicted octanol–water partition coefficient (Wildman–Crippen LogP) is 2.80. The molecule has 2 rings (SSSR count). The van der Waals surface area contributed by atoms with Crippen LogP contribution in [0.2, 0.25) is 10.0 Å². The molecule has 1 aromatic heterocycles. The van der Waals surface area contributed by atoms with E-state index >= 15 is 0 Å². The number of H-pyrrole nitrogens is 1. The van der Waals surface area contributed by atoms with Crippen LogP contribution in [0, 0.1) is 0 Å². The van der Waals surface area contributed by atoms with E-state index in [4.69, 9.17) is 27.9 Å². The smallest absolute Gasteiger partial charge is 0.261 e. The average molecular weight is 314 g/mol.